The van der Waals surface area contributed by atoms with Crippen molar-refractivity contribution in [2.75, 3.05) is 36.6 Å². The summed E-state index contributed by atoms with van der Waals surface area (Å²) < 4.78 is 6.77. The average Bonchev–Trinajstić information content (AvgIpc) is 3.04. The number of nitrogens with zero attached hydrogens (tertiary/aromatic N) is 3. The Balaban J connectivity index is 1.55. The predicted octanol–water partition coefficient (Wildman–Crippen LogP) is 2.47. The van der Waals surface area contributed by atoms with Gasteiger partial charge in [0.25, 0.3) is 5.91 Å². The Hall–Kier alpha value is -2.06. The first-order valence-corrected chi connectivity index (χ1v) is 8.97. The summed E-state index contributed by atoms with van der Waals surface area (Å²) in [6, 6.07) is 7.79. The zero-order chi connectivity index (χ0) is 16.8. The van der Waals surface area contributed by atoms with Crippen LogP contribution in [0.25, 0.3) is 0 Å². The van der Waals surface area contributed by atoms with Crippen LogP contribution in [0.2, 0.25) is 0 Å². The van der Waals surface area contributed by atoms with E-state index in [-0.39, 0.29) is 11.7 Å². The molecular weight excluding hydrogens is 326 g/mol. The van der Waals surface area contributed by atoms with Gasteiger partial charge >= 0.3 is 0 Å². The quantitative estimate of drug-likeness (QED) is 0.591. The zero-order valence-corrected chi connectivity index (χ0v) is 14.4. The number of anilines is 2. The monoisotopic (exact) mass is 347 g/mol. The number of nitrogens with one attached hydrogen (secondary N) is 2. The minimum Gasteiger partial charge on any atom is -0.385 e. The van der Waals surface area contributed by atoms with Gasteiger partial charge in [-0.2, -0.15) is 4.98 Å². The van der Waals surface area contributed by atoms with Crippen LogP contribution in [0.15, 0.2) is 29.2 Å². The summed E-state index contributed by atoms with van der Waals surface area (Å²) in [6.07, 6.45) is 2.01. The predicted molar refractivity (Wildman–Crippen MR) is 94.7 cm³/mol. The molecule has 1 aliphatic heterocycles. The lowest BCUT2D eigenvalue weighted by molar-refractivity contribution is 0.101. The molecule has 2 heterocycles. The molecule has 128 valence electrons. The third-order valence-corrected chi connectivity index (χ3v) is 4.68. The van der Waals surface area contributed by atoms with Crippen molar-refractivity contribution in [1.29, 1.82) is 0 Å². The lowest BCUT2D eigenvalue weighted by atomic mass is 10.3. The second-order valence-corrected chi connectivity index (χ2v) is 6.60. The third kappa shape index (κ3) is 4.27. The number of amides is 1. The first-order valence-electron chi connectivity index (χ1n) is 7.98. The summed E-state index contributed by atoms with van der Waals surface area (Å²) >= 11 is 1.77. The lowest BCUT2D eigenvalue weighted by Gasteiger charge is -2.12. The van der Waals surface area contributed by atoms with Crippen LogP contribution in [0, 0.1) is 0 Å². The topological polar surface area (TPSA) is 81.1 Å². The van der Waals surface area contributed by atoms with Crippen LogP contribution >= 0.6 is 11.8 Å². The maximum absolute atomic E-state index is 12.3. The van der Waals surface area contributed by atoms with Crippen molar-refractivity contribution in [3.63, 3.8) is 0 Å². The van der Waals surface area contributed by atoms with Gasteiger partial charge in [0.05, 0.1) is 0 Å². The Labute approximate surface area is 145 Å². The van der Waals surface area contributed by atoms with E-state index in [0.717, 1.165) is 44.0 Å². The summed E-state index contributed by atoms with van der Waals surface area (Å²) in [5.41, 5.74) is 0.738. The first-order chi connectivity index (χ1) is 11.8. The van der Waals surface area contributed by atoms with Crippen molar-refractivity contribution in [1.82, 2.24) is 14.8 Å². The molecule has 2 aromatic rings. The maximum atomic E-state index is 12.3. The molecular formula is C16H21N5O2S. The van der Waals surface area contributed by atoms with Crippen molar-refractivity contribution >= 4 is 29.3 Å². The molecule has 24 heavy (non-hydrogen) atoms. The number of methoxy groups -OCH3 is 1. The zero-order valence-electron chi connectivity index (χ0n) is 13.6. The molecule has 0 saturated carbocycles. The molecule has 1 amide bonds. The third-order valence-electron chi connectivity index (χ3n) is 3.58. The van der Waals surface area contributed by atoms with Gasteiger partial charge in [-0.3, -0.25) is 4.79 Å². The van der Waals surface area contributed by atoms with Gasteiger partial charge in [-0.1, -0.05) is 0 Å². The minimum atomic E-state index is -0.292. The molecule has 0 unspecified atom stereocenters. The van der Waals surface area contributed by atoms with E-state index in [1.54, 1.807) is 23.6 Å². The molecule has 8 heteroatoms. The highest BCUT2D eigenvalue weighted by Gasteiger charge is 2.18. The number of hydrogen-bond donors (Lipinski definition) is 2. The number of benzene rings is 1. The number of carbonyl (C=O) groups is 1. The number of ether oxygens (including phenoxy) is 1. The Kier molecular flexibility index (Phi) is 5.71. The van der Waals surface area contributed by atoms with Crippen molar-refractivity contribution in [3.05, 3.63) is 30.1 Å². The Morgan fingerprint density at radius 2 is 2.25 bits per heavy atom. The molecule has 0 bridgehead atoms. The standard InChI is InChI=1S/C16H21N5O2S/c1-23-10-3-11-24-13-6-4-12(5-7-13)18-15(22)14-19-16-17-8-2-9-21(16)20-14/h4-7H,2-3,8-11H2,1H3,(H,18,22)(H,17,19,20). The molecule has 1 aliphatic rings. The molecule has 0 aliphatic carbocycles. The molecule has 0 spiro atoms. The Bertz CT molecular complexity index is 663. The smallest absolute Gasteiger partial charge is 0.295 e. The normalized spacial score (nSPS) is 13.2. The van der Waals surface area contributed by atoms with Crippen LogP contribution in [-0.2, 0) is 11.3 Å². The molecule has 7 nitrogen and oxygen atoms in total. The molecule has 2 N–H and O–H groups in total. The second kappa shape index (κ2) is 8.16. The summed E-state index contributed by atoms with van der Waals surface area (Å²) in [5, 5.41) is 10.2. The minimum absolute atomic E-state index is 0.192. The van der Waals surface area contributed by atoms with E-state index in [4.69, 9.17) is 4.74 Å². The van der Waals surface area contributed by atoms with Gasteiger partial charge in [0.1, 0.15) is 0 Å². The van der Waals surface area contributed by atoms with Crippen molar-refractivity contribution in [2.24, 2.45) is 0 Å². The molecule has 0 atom stereocenters. The van der Waals surface area contributed by atoms with Gasteiger partial charge in [0.2, 0.25) is 11.8 Å². The van der Waals surface area contributed by atoms with E-state index in [9.17, 15) is 4.79 Å². The van der Waals surface area contributed by atoms with Crippen LogP contribution in [0.4, 0.5) is 11.6 Å². The fourth-order valence-corrected chi connectivity index (χ4v) is 3.20. The molecule has 1 aromatic carbocycles. The summed E-state index contributed by atoms with van der Waals surface area (Å²) in [6.45, 7) is 2.43. The SMILES string of the molecule is COCCCSc1ccc(NC(=O)c2nc3n(n2)CCCN3)cc1. The highest BCUT2D eigenvalue weighted by molar-refractivity contribution is 7.99. The van der Waals surface area contributed by atoms with Crippen LogP contribution in [0.3, 0.4) is 0 Å². The van der Waals surface area contributed by atoms with Crippen LogP contribution in [-0.4, -0.2) is 46.7 Å². The largest absolute Gasteiger partial charge is 0.385 e. The van der Waals surface area contributed by atoms with Gasteiger partial charge < -0.3 is 15.4 Å². The van der Waals surface area contributed by atoms with E-state index >= 15 is 0 Å². The van der Waals surface area contributed by atoms with E-state index in [1.807, 2.05) is 24.3 Å². The van der Waals surface area contributed by atoms with Gasteiger partial charge in [0.15, 0.2) is 0 Å². The number of fused-ring (bicyclic) bond motifs is 1. The number of hydrogen-bond acceptors (Lipinski definition) is 6. The fourth-order valence-electron chi connectivity index (χ4n) is 2.37. The highest BCUT2D eigenvalue weighted by Crippen LogP contribution is 2.21. The van der Waals surface area contributed by atoms with Gasteiger partial charge in [-0.25, -0.2) is 4.68 Å². The van der Waals surface area contributed by atoms with Gasteiger partial charge in [-0.15, -0.1) is 16.9 Å². The maximum Gasteiger partial charge on any atom is 0.295 e. The van der Waals surface area contributed by atoms with E-state index in [2.05, 4.69) is 20.7 Å². The van der Waals surface area contributed by atoms with E-state index in [0.29, 0.717) is 5.95 Å². The van der Waals surface area contributed by atoms with Gasteiger partial charge in [0, 0.05) is 43.1 Å². The van der Waals surface area contributed by atoms with E-state index < -0.39 is 0 Å². The van der Waals surface area contributed by atoms with Gasteiger partial charge in [-0.05, 0) is 37.1 Å². The van der Waals surface area contributed by atoms with Crippen LogP contribution < -0.4 is 10.6 Å². The first kappa shape index (κ1) is 16.8. The van der Waals surface area contributed by atoms with Crippen molar-refractivity contribution in [2.45, 2.75) is 24.3 Å². The number of aromatic nitrogens is 3. The average molecular weight is 347 g/mol. The summed E-state index contributed by atoms with van der Waals surface area (Å²) in [4.78, 5) is 17.7. The van der Waals surface area contributed by atoms with E-state index in [1.165, 1.54) is 4.90 Å². The number of carbonyl (C=O) groups excluding carboxylic acids is 1. The summed E-state index contributed by atoms with van der Waals surface area (Å²) in [5.74, 6) is 1.57. The second-order valence-electron chi connectivity index (χ2n) is 5.44. The number of rotatable bonds is 7. The summed E-state index contributed by atoms with van der Waals surface area (Å²) in [7, 11) is 1.71. The fraction of sp³-hybridized carbons (Fsp3) is 0.438. The number of aryl methyl sites for hydroxylation is 1. The van der Waals surface area contributed by atoms with Crippen LogP contribution in [0.5, 0.6) is 0 Å². The lowest BCUT2D eigenvalue weighted by Crippen LogP contribution is -2.18. The van der Waals surface area contributed by atoms with Crippen molar-refractivity contribution in [3.8, 4) is 0 Å². The molecule has 0 saturated heterocycles. The Morgan fingerprint density at radius 1 is 1.42 bits per heavy atom. The highest BCUT2D eigenvalue weighted by atomic mass is 32.2. The Morgan fingerprint density at radius 3 is 3.00 bits per heavy atom. The molecule has 0 fully saturated rings. The molecule has 0 radical (unpaired) electrons. The number of thioether (sulfide) groups is 1. The van der Waals surface area contributed by atoms with Crippen molar-refractivity contribution < 1.29 is 9.53 Å². The molecule has 1 aromatic heterocycles. The van der Waals surface area contributed by atoms with Crippen LogP contribution in [0.1, 0.15) is 23.5 Å². The molecule has 3 rings (SSSR count).